The van der Waals surface area contributed by atoms with Crippen molar-refractivity contribution in [3.8, 4) is 22.8 Å². The summed E-state index contributed by atoms with van der Waals surface area (Å²) in [5.41, 5.74) is 8.31. The lowest BCUT2D eigenvalue weighted by atomic mass is 10.1. The number of nitrogens with zero attached hydrogens (tertiary/aromatic N) is 2. The minimum absolute atomic E-state index is 0.0357. The number of amides is 2. The number of ether oxygens (including phenoxy) is 2. The number of anilines is 1. The zero-order valence-corrected chi connectivity index (χ0v) is 18.1. The summed E-state index contributed by atoms with van der Waals surface area (Å²) in [5.74, 6) is 0.769. The number of carbonyl (C=O) groups excluding carboxylic acids is 2. The maximum Gasteiger partial charge on any atom is 0.273 e. The van der Waals surface area contributed by atoms with Crippen molar-refractivity contribution < 1.29 is 19.1 Å². The summed E-state index contributed by atoms with van der Waals surface area (Å²) in [6.07, 6.45) is 2.08. The second-order valence-electron chi connectivity index (χ2n) is 6.88. The molecule has 3 rings (SSSR count). The third-order valence-electron chi connectivity index (χ3n) is 4.77. The third-order valence-corrected chi connectivity index (χ3v) is 4.77. The highest BCUT2D eigenvalue weighted by atomic mass is 16.5. The van der Waals surface area contributed by atoms with Crippen LogP contribution in [0.25, 0.3) is 11.3 Å². The molecule has 1 aromatic heterocycles. The molecule has 0 saturated carbocycles. The molecule has 9 nitrogen and oxygen atoms in total. The Labute approximate surface area is 186 Å². The molecule has 0 aliphatic heterocycles. The first kappa shape index (κ1) is 22.5. The van der Waals surface area contributed by atoms with Gasteiger partial charge in [-0.1, -0.05) is 12.1 Å². The molecule has 0 fully saturated rings. The SMILES string of the molecule is CNC(=O)c1nc(-c2cccc(C(=O)NCCc3cc(OC)cc(OC)c3)c2)cnc1N. The average molecular weight is 435 g/mol. The number of carbonyl (C=O) groups is 2. The van der Waals surface area contributed by atoms with Crippen LogP contribution in [0.4, 0.5) is 5.82 Å². The molecule has 0 saturated heterocycles. The van der Waals surface area contributed by atoms with Crippen molar-refractivity contribution in [1.29, 1.82) is 0 Å². The lowest BCUT2D eigenvalue weighted by Crippen LogP contribution is -2.25. The van der Waals surface area contributed by atoms with Crippen LogP contribution in [-0.4, -0.2) is 49.6 Å². The van der Waals surface area contributed by atoms with Crippen LogP contribution in [0, 0.1) is 0 Å². The fourth-order valence-electron chi connectivity index (χ4n) is 3.08. The summed E-state index contributed by atoms with van der Waals surface area (Å²) in [4.78, 5) is 32.9. The Morgan fingerprint density at radius 3 is 2.41 bits per heavy atom. The molecule has 4 N–H and O–H groups in total. The van der Waals surface area contributed by atoms with Crippen molar-refractivity contribution in [2.75, 3.05) is 33.5 Å². The van der Waals surface area contributed by atoms with Crippen LogP contribution in [-0.2, 0) is 6.42 Å². The van der Waals surface area contributed by atoms with Gasteiger partial charge >= 0.3 is 0 Å². The summed E-state index contributed by atoms with van der Waals surface area (Å²) in [5, 5.41) is 5.39. The number of hydrogen-bond donors (Lipinski definition) is 3. The first-order chi connectivity index (χ1) is 15.4. The van der Waals surface area contributed by atoms with E-state index in [0.29, 0.717) is 41.3 Å². The van der Waals surface area contributed by atoms with Gasteiger partial charge in [-0.3, -0.25) is 9.59 Å². The Kier molecular flexibility index (Phi) is 7.22. The number of rotatable bonds is 8. The van der Waals surface area contributed by atoms with E-state index in [0.717, 1.165) is 5.56 Å². The molecular formula is C23H25N5O4. The molecule has 0 unspecified atom stereocenters. The van der Waals surface area contributed by atoms with Gasteiger partial charge < -0.3 is 25.8 Å². The lowest BCUT2D eigenvalue weighted by molar-refractivity contribution is 0.0948. The van der Waals surface area contributed by atoms with Crippen LogP contribution in [0.1, 0.15) is 26.4 Å². The van der Waals surface area contributed by atoms with Gasteiger partial charge in [-0.15, -0.1) is 0 Å². The van der Waals surface area contributed by atoms with E-state index in [9.17, 15) is 9.59 Å². The maximum atomic E-state index is 12.7. The van der Waals surface area contributed by atoms with E-state index in [1.807, 2.05) is 12.1 Å². The number of nitrogens with two attached hydrogens (primary N) is 1. The summed E-state index contributed by atoms with van der Waals surface area (Å²) in [6.45, 7) is 0.432. The van der Waals surface area contributed by atoms with Gasteiger partial charge in [0.05, 0.1) is 26.1 Å². The van der Waals surface area contributed by atoms with Gasteiger partial charge in [0, 0.05) is 30.8 Å². The van der Waals surface area contributed by atoms with Gasteiger partial charge in [-0.2, -0.15) is 0 Å². The molecular weight excluding hydrogens is 410 g/mol. The van der Waals surface area contributed by atoms with E-state index in [-0.39, 0.29) is 17.4 Å². The number of nitrogens with one attached hydrogen (secondary N) is 2. The number of hydrogen-bond acceptors (Lipinski definition) is 7. The van der Waals surface area contributed by atoms with Crippen LogP contribution in [0.2, 0.25) is 0 Å². The molecule has 0 aliphatic carbocycles. The van der Waals surface area contributed by atoms with E-state index >= 15 is 0 Å². The van der Waals surface area contributed by atoms with E-state index in [1.54, 1.807) is 44.6 Å². The van der Waals surface area contributed by atoms with E-state index in [2.05, 4.69) is 20.6 Å². The zero-order valence-electron chi connectivity index (χ0n) is 18.1. The van der Waals surface area contributed by atoms with Crippen LogP contribution in [0.5, 0.6) is 11.5 Å². The van der Waals surface area contributed by atoms with Gasteiger partial charge in [-0.05, 0) is 36.2 Å². The Hall–Kier alpha value is -4.14. The fourth-order valence-corrected chi connectivity index (χ4v) is 3.08. The van der Waals surface area contributed by atoms with Crippen molar-refractivity contribution in [2.45, 2.75) is 6.42 Å². The van der Waals surface area contributed by atoms with Crippen molar-refractivity contribution in [2.24, 2.45) is 0 Å². The monoisotopic (exact) mass is 435 g/mol. The van der Waals surface area contributed by atoms with Crippen LogP contribution < -0.4 is 25.8 Å². The highest BCUT2D eigenvalue weighted by Crippen LogP contribution is 2.23. The molecule has 0 spiro atoms. The largest absolute Gasteiger partial charge is 0.497 e. The van der Waals surface area contributed by atoms with Crippen LogP contribution >= 0.6 is 0 Å². The van der Waals surface area contributed by atoms with E-state index in [1.165, 1.54) is 13.2 Å². The smallest absolute Gasteiger partial charge is 0.273 e. The fraction of sp³-hybridized carbons (Fsp3) is 0.217. The van der Waals surface area contributed by atoms with E-state index < -0.39 is 5.91 Å². The predicted molar refractivity (Wildman–Crippen MR) is 121 cm³/mol. The summed E-state index contributed by atoms with van der Waals surface area (Å²) in [6, 6.07) is 12.5. The average Bonchev–Trinajstić information content (AvgIpc) is 2.83. The zero-order chi connectivity index (χ0) is 23.1. The molecule has 32 heavy (non-hydrogen) atoms. The highest BCUT2D eigenvalue weighted by molar-refractivity contribution is 5.97. The Balaban J connectivity index is 1.70. The quantitative estimate of drug-likeness (QED) is 0.494. The molecule has 166 valence electrons. The van der Waals surface area contributed by atoms with E-state index in [4.69, 9.17) is 15.2 Å². The summed E-state index contributed by atoms with van der Waals surface area (Å²) >= 11 is 0. The molecule has 3 aromatic rings. The topological polar surface area (TPSA) is 128 Å². The Bertz CT molecular complexity index is 1110. The normalized spacial score (nSPS) is 10.3. The molecule has 0 atom stereocenters. The second kappa shape index (κ2) is 10.3. The molecule has 0 radical (unpaired) electrons. The van der Waals surface area contributed by atoms with Crippen molar-refractivity contribution in [1.82, 2.24) is 20.6 Å². The number of aromatic nitrogens is 2. The maximum absolute atomic E-state index is 12.7. The second-order valence-corrected chi connectivity index (χ2v) is 6.88. The number of benzene rings is 2. The van der Waals surface area contributed by atoms with Gasteiger partial charge in [0.1, 0.15) is 11.5 Å². The van der Waals surface area contributed by atoms with Gasteiger partial charge in [0.25, 0.3) is 11.8 Å². The Morgan fingerprint density at radius 1 is 1.03 bits per heavy atom. The molecule has 2 amide bonds. The van der Waals surface area contributed by atoms with Gasteiger partial charge in [0.2, 0.25) is 0 Å². The predicted octanol–water partition coefficient (Wildman–Crippen LogP) is 2.08. The van der Waals surface area contributed by atoms with Crippen molar-refractivity contribution >= 4 is 17.6 Å². The molecule has 0 aliphatic rings. The lowest BCUT2D eigenvalue weighted by Gasteiger charge is -2.10. The van der Waals surface area contributed by atoms with Gasteiger partial charge in [-0.25, -0.2) is 9.97 Å². The minimum atomic E-state index is -0.431. The van der Waals surface area contributed by atoms with Crippen LogP contribution in [0.15, 0.2) is 48.7 Å². The highest BCUT2D eigenvalue weighted by Gasteiger charge is 2.14. The van der Waals surface area contributed by atoms with Crippen molar-refractivity contribution in [3.63, 3.8) is 0 Å². The molecule has 1 heterocycles. The standard InChI is InChI=1S/C23H25N5O4/c1-25-23(30)20-21(24)27-13-19(28-20)15-5-4-6-16(11-15)22(29)26-8-7-14-9-17(31-2)12-18(10-14)32-3/h4-6,9-13H,7-8H2,1-3H3,(H2,24,27)(H,25,30)(H,26,29). The van der Waals surface area contributed by atoms with Gasteiger partial charge in [0.15, 0.2) is 11.5 Å². The first-order valence-corrected chi connectivity index (χ1v) is 9.90. The van der Waals surface area contributed by atoms with Crippen molar-refractivity contribution in [3.05, 3.63) is 65.5 Å². The summed E-state index contributed by atoms with van der Waals surface area (Å²) in [7, 11) is 4.68. The number of nitrogen functional groups attached to an aromatic ring is 1. The minimum Gasteiger partial charge on any atom is -0.497 e. The Morgan fingerprint density at radius 2 is 1.75 bits per heavy atom. The summed E-state index contributed by atoms with van der Waals surface area (Å²) < 4.78 is 10.6. The first-order valence-electron chi connectivity index (χ1n) is 9.90. The third kappa shape index (κ3) is 5.31. The van der Waals surface area contributed by atoms with Crippen LogP contribution in [0.3, 0.4) is 0 Å². The number of methoxy groups -OCH3 is 2. The molecule has 2 aromatic carbocycles. The molecule has 9 heteroatoms. The molecule has 0 bridgehead atoms.